The van der Waals surface area contributed by atoms with E-state index in [1.54, 1.807) is 0 Å². The molecule has 23 nitrogen and oxygen atoms in total. The number of hydrogen-bond donors (Lipinski definition) is 13. The van der Waals surface area contributed by atoms with E-state index in [0.717, 1.165) is 0 Å². The maximum atomic E-state index is 11.4. The number of carboxylic acids is 9. The highest BCUT2D eigenvalue weighted by Crippen LogP contribution is 2.54. The van der Waals surface area contributed by atoms with Gasteiger partial charge in [-0.15, -0.1) is 0 Å². The quantitative estimate of drug-likeness (QED) is 0.0496. The van der Waals surface area contributed by atoms with E-state index in [1.165, 1.54) is 0 Å². The molecule has 16 N–H and O–H groups in total. The highest BCUT2D eigenvalue weighted by atomic mass is 16.4. The molecule has 3 atom stereocenters. The molecule has 0 radical (unpaired) electrons. The van der Waals surface area contributed by atoms with Crippen LogP contribution in [-0.2, 0) is 43.2 Å². The van der Waals surface area contributed by atoms with Gasteiger partial charge in [-0.1, -0.05) is 6.42 Å². The van der Waals surface area contributed by atoms with E-state index in [2.05, 4.69) is 5.32 Å². The molecular weight excluding hydrogens is 694 g/mol. The topological polar surface area (TPSA) is 429 Å². The fraction of sp³-hybridized carbons (Fsp3) is 0.679. The number of nitrogens with zero attached hydrogens (tertiary/aromatic N) is 1. The van der Waals surface area contributed by atoms with Crippen molar-refractivity contribution in [2.75, 3.05) is 26.2 Å². The monoisotopic (exact) mass is 739 g/mol. The number of nitrogens with one attached hydrogen (secondary N) is 1. The van der Waals surface area contributed by atoms with Crippen molar-refractivity contribution in [2.24, 2.45) is 22.6 Å². The van der Waals surface area contributed by atoms with Crippen molar-refractivity contribution in [3.05, 3.63) is 0 Å². The molecule has 1 aliphatic rings. The zero-order valence-corrected chi connectivity index (χ0v) is 27.4. The van der Waals surface area contributed by atoms with E-state index in [-0.39, 0.29) is 32.4 Å². The Kier molecular flexibility index (Phi) is 17.5. The van der Waals surface area contributed by atoms with Crippen LogP contribution in [0.25, 0.3) is 0 Å². The van der Waals surface area contributed by atoms with Gasteiger partial charge in [-0.05, 0) is 12.8 Å². The van der Waals surface area contributed by atoms with Crippen LogP contribution in [0.15, 0.2) is 0 Å². The molecule has 0 heterocycles. The van der Waals surface area contributed by atoms with Crippen molar-refractivity contribution in [1.82, 2.24) is 10.2 Å². The molecule has 51 heavy (non-hydrogen) atoms. The normalized spacial score (nSPS) is 20.2. The van der Waals surface area contributed by atoms with Crippen LogP contribution in [0.2, 0.25) is 0 Å². The van der Waals surface area contributed by atoms with E-state index in [0.29, 0.717) is 4.90 Å². The lowest BCUT2D eigenvalue weighted by Gasteiger charge is -2.59. The molecule has 0 aromatic heterocycles. The van der Waals surface area contributed by atoms with Crippen LogP contribution in [0.4, 0.5) is 0 Å². The molecule has 0 spiro atoms. The van der Waals surface area contributed by atoms with Crippen molar-refractivity contribution >= 4 is 53.7 Å². The molecule has 3 unspecified atom stereocenters. The average Bonchev–Trinajstić information content (AvgIpc) is 2.91. The van der Waals surface area contributed by atoms with Crippen LogP contribution in [0.1, 0.15) is 64.2 Å². The van der Waals surface area contributed by atoms with Crippen molar-refractivity contribution in [2.45, 2.75) is 86.9 Å². The summed E-state index contributed by atoms with van der Waals surface area (Å²) in [6.07, 6.45) is -5.36. The first-order valence-corrected chi connectivity index (χ1v) is 15.0. The summed E-state index contributed by atoms with van der Waals surface area (Å²) >= 11 is 0. The van der Waals surface area contributed by atoms with Crippen LogP contribution in [0.5, 0.6) is 0 Å². The SMILES string of the molecule is NC1(CC(=O)O)CCCC(CC(=O)O)(CC(=O)O)C1(N)CC(=O)O.NCCNC(CC(=O)O)C(CC(=O)O)(CC(=O)O)N(CC(=O)O)CC(=O)O. The molecule has 290 valence electrons. The largest absolute Gasteiger partial charge is 0.481 e. The lowest BCUT2D eigenvalue weighted by Crippen LogP contribution is -2.76. The summed E-state index contributed by atoms with van der Waals surface area (Å²) in [5, 5.41) is 85.2. The first-order valence-electron chi connectivity index (χ1n) is 15.0. The summed E-state index contributed by atoms with van der Waals surface area (Å²) in [5.41, 5.74) is 10.2. The van der Waals surface area contributed by atoms with Crippen LogP contribution in [0.3, 0.4) is 0 Å². The second-order valence-corrected chi connectivity index (χ2v) is 12.3. The third-order valence-corrected chi connectivity index (χ3v) is 8.75. The van der Waals surface area contributed by atoms with Gasteiger partial charge in [-0.25, -0.2) is 0 Å². The fourth-order valence-corrected chi connectivity index (χ4v) is 6.83. The van der Waals surface area contributed by atoms with Gasteiger partial charge >= 0.3 is 53.7 Å². The second kappa shape index (κ2) is 19.4. The lowest BCUT2D eigenvalue weighted by atomic mass is 9.49. The molecule has 23 heteroatoms. The predicted molar refractivity (Wildman–Crippen MR) is 166 cm³/mol. The second-order valence-electron chi connectivity index (χ2n) is 12.3. The van der Waals surface area contributed by atoms with E-state index in [9.17, 15) is 68.7 Å². The van der Waals surface area contributed by atoms with Gasteiger partial charge in [-0.3, -0.25) is 48.1 Å². The van der Waals surface area contributed by atoms with Gasteiger partial charge in [0.2, 0.25) is 0 Å². The lowest BCUT2D eigenvalue weighted by molar-refractivity contribution is -0.159. The Morgan fingerprint density at radius 1 is 0.608 bits per heavy atom. The molecule has 1 aliphatic carbocycles. The minimum Gasteiger partial charge on any atom is -0.481 e. The maximum absolute atomic E-state index is 11.4. The van der Waals surface area contributed by atoms with E-state index in [4.69, 9.17) is 37.6 Å². The minimum atomic E-state index is -2.15. The summed E-state index contributed by atoms with van der Waals surface area (Å²) in [6.45, 7) is -2.06. The van der Waals surface area contributed by atoms with Gasteiger partial charge in [0.1, 0.15) is 0 Å². The van der Waals surface area contributed by atoms with Crippen molar-refractivity contribution in [3.63, 3.8) is 0 Å². The maximum Gasteiger partial charge on any atom is 0.317 e. The van der Waals surface area contributed by atoms with Gasteiger partial charge in [0.05, 0.1) is 69.1 Å². The number of aliphatic carboxylic acids is 9. The number of rotatable bonds is 23. The van der Waals surface area contributed by atoms with Gasteiger partial charge in [0.25, 0.3) is 0 Å². The number of carbonyl (C=O) groups is 9. The van der Waals surface area contributed by atoms with Gasteiger partial charge in [-0.2, -0.15) is 0 Å². The molecule has 0 bridgehead atoms. The Balaban J connectivity index is 0.000000986. The Hall–Kier alpha value is -4.97. The zero-order chi connectivity index (χ0) is 40.0. The highest BCUT2D eigenvalue weighted by Gasteiger charge is 2.63. The first-order chi connectivity index (χ1) is 23.3. The summed E-state index contributed by atoms with van der Waals surface area (Å²) in [7, 11) is 0. The zero-order valence-electron chi connectivity index (χ0n) is 27.4. The Bertz CT molecular complexity index is 1290. The molecule has 0 aliphatic heterocycles. The number of carboxylic acid groups (broad SMARTS) is 9. The molecular formula is C28H45N5O18. The predicted octanol–water partition coefficient (Wildman–Crippen LogP) is -3.01. The molecule has 0 aromatic carbocycles. The van der Waals surface area contributed by atoms with Crippen LogP contribution in [0, 0.1) is 5.41 Å². The fourth-order valence-electron chi connectivity index (χ4n) is 6.83. The molecule has 1 saturated carbocycles. The van der Waals surface area contributed by atoms with Crippen LogP contribution >= 0.6 is 0 Å². The molecule has 1 fully saturated rings. The molecule has 0 aromatic rings. The number of hydrogen-bond acceptors (Lipinski definition) is 14. The summed E-state index contributed by atoms with van der Waals surface area (Å²) in [5.74, 6) is -13.0. The Morgan fingerprint density at radius 2 is 1.04 bits per heavy atom. The van der Waals surface area contributed by atoms with E-state index >= 15 is 0 Å². The first kappa shape index (κ1) is 46.0. The third kappa shape index (κ3) is 13.3. The smallest absolute Gasteiger partial charge is 0.317 e. The molecule has 0 amide bonds. The molecule has 1 rings (SSSR count). The van der Waals surface area contributed by atoms with Crippen molar-refractivity contribution in [1.29, 1.82) is 0 Å². The summed E-state index contributed by atoms with van der Waals surface area (Å²) in [6, 6.07) is -1.40. The molecule has 0 saturated heterocycles. The number of nitrogens with two attached hydrogens (primary N) is 3. The van der Waals surface area contributed by atoms with Crippen LogP contribution < -0.4 is 22.5 Å². The van der Waals surface area contributed by atoms with Gasteiger partial charge in [0, 0.05) is 30.1 Å². The van der Waals surface area contributed by atoms with Crippen molar-refractivity contribution < 1.29 is 89.1 Å². The minimum absolute atomic E-state index is 0.00972. The van der Waals surface area contributed by atoms with Gasteiger partial charge < -0.3 is 68.5 Å². The van der Waals surface area contributed by atoms with Gasteiger partial charge in [0.15, 0.2) is 0 Å². The summed E-state index contributed by atoms with van der Waals surface area (Å²) in [4.78, 5) is 102. The van der Waals surface area contributed by atoms with Crippen molar-refractivity contribution in [3.8, 4) is 0 Å². The van der Waals surface area contributed by atoms with Crippen LogP contribution in [-0.4, -0.2) is 153 Å². The standard InChI is InChI=1S/C14H23N3O10.C14H22N2O8/c15-1-2-16-8(3-9(18)19)14(4-10(20)21,5-11(22)23)17(6-12(24)25)7-13(26)27;15-13(6-10(21)22)3-1-2-12(4-8(17)18,5-9(19)20)14(13,16)7-11(23)24/h8,16H,1-7,15H2,(H,18,19)(H,20,21)(H,22,23)(H,24,25)(H,26,27);1-7,15-16H2,(H,17,18)(H,19,20)(H,21,22)(H,23,24). The highest BCUT2D eigenvalue weighted by molar-refractivity contribution is 5.78. The van der Waals surface area contributed by atoms with E-state index < -0.39 is 140 Å². The Labute approximate surface area is 289 Å². The average molecular weight is 740 g/mol. The van der Waals surface area contributed by atoms with E-state index in [1.807, 2.05) is 0 Å². The third-order valence-electron chi connectivity index (χ3n) is 8.75. The Morgan fingerprint density at radius 3 is 1.37 bits per heavy atom. The summed E-state index contributed by atoms with van der Waals surface area (Å²) < 4.78 is 0.